The molecule has 2 heteroatoms. The van der Waals surface area contributed by atoms with Gasteiger partial charge in [0, 0.05) is 12.7 Å². The van der Waals surface area contributed by atoms with Crippen LogP contribution in [0.15, 0.2) is 30.3 Å². The summed E-state index contributed by atoms with van der Waals surface area (Å²) in [6.07, 6.45) is 3.76. The van der Waals surface area contributed by atoms with Crippen molar-refractivity contribution in [3.63, 3.8) is 0 Å². The fourth-order valence-corrected chi connectivity index (χ4v) is 0.897. The zero-order valence-corrected chi connectivity index (χ0v) is 15.6. The zero-order chi connectivity index (χ0) is 10.1. The molecule has 0 spiro atoms. The van der Waals surface area contributed by atoms with Crippen molar-refractivity contribution >= 4 is 11.8 Å². The van der Waals surface area contributed by atoms with Crippen molar-refractivity contribution in [2.45, 2.75) is 13.8 Å². The minimum Gasteiger partial charge on any atom is -0.388 e. The van der Waals surface area contributed by atoms with E-state index in [-0.39, 0.29) is 65.6 Å². The van der Waals surface area contributed by atoms with Crippen LogP contribution in [0.2, 0.25) is 0 Å². The summed E-state index contributed by atoms with van der Waals surface area (Å²) in [7, 11) is 1.91. The summed E-state index contributed by atoms with van der Waals surface area (Å²) in [5, 5.41) is 3.06. The predicted octanol–water partition coefficient (Wildman–Crippen LogP) is 1.06. The summed E-state index contributed by atoms with van der Waals surface area (Å²) < 4.78 is 0. The topological polar surface area (TPSA) is 12.0 Å². The maximum absolute atomic E-state index is 3.63. The number of hydrogen-bond acceptors (Lipinski definition) is 1. The molecule has 0 saturated heterocycles. The molecule has 1 aromatic rings. The largest absolute Gasteiger partial charge is 1.00 e. The molecular weight excluding hydrogens is 256 g/mol. The molecule has 1 aromatic carbocycles. The molecule has 0 bridgehead atoms. The summed E-state index contributed by atoms with van der Waals surface area (Å²) in [6.45, 7) is 7.63. The van der Waals surface area contributed by atoms with Crippen LogP contribution in [-0.4, -0.2) is 7.05 Å². The molecule has 0 fully saturated rings. The van der Waals surface area contributed by atoms with Gasteiger partial charge in [0.05, 0.1) is 0 Å². The van der Waals surface area contributed by atoms with E-state index in [1.54, 1.807) is 6.08 Å². The van der Waals surface area contributed by atoms with Gasteiger partial charge < -0.3 is 12.7 Å². The second-order valence-electron chi connectivity index (χ2n) is 2.27. The number of nitrogens with one attached hydrogen (secondary N) is 1. The molecule has 1 rings (SSSR count). The van der Waals surface area contributed by atoms with E-state index in [2.05, 4.69) is 12.2 Å². The Morgan fingerprint density at radius 3 is 1.93 bits per heavy atom. The standard InChI is InChI=1S/C10H12N.C2H6.CH3.Rb/c1-3-4-9-5-7-10(11-2)8-6-9;1-2;;/h3-8,11H,1H2,2H3;1-2H3;1H3;/q-1;;-1;+1/b4-3+;;;. The van der Waals surface area contributed by atoms with Gasteiger partial charge in [0.2, 0.25) is 0 Å². The molecule has 1 nitrogen and oxygen atoms in total. The Hall–Kier alpha value is 0.435. The van der Waals surface area contributed by atoms with Crippen LogP contribution in [0.4, 0.5) is 5.69 Å². The number of anilines is 1. The Morgan fingerprint density at radius 2 is 1.60 bits per heavy atom. The minimum absolute atomic E-state index is 0. The van der Waals surface area contributed by atoms with E-state index in [1.165, 1.54) is 5.56 Å². The molecule has 0 aromatic heterocycles. The van der Waals surface area contributed by atoms with Crippen LogP contribution in [0.25, 0.3) is 6.08 Å². The van der Waals surface area contributed by atoms with Gasteiger partial charge in [-0.3, -0.25) is 0 Å². The van der Waals surface area contributed by atoms with Gasteiger partial charge in [-0.15, -0.1) is 5.56 Å². The van der Waals surface area contributed by atoms with Crippen LogP contribution in [-0.2, 0) is 0 Å². The Labute approximate surface area is 144 Å². The molecule has 0 heterocycles. The molecule has 0 radical (unpaired) electrons. The van der Waals surface area contributed by atoms with Gasteiger partial charge in [-0.05, 0) is 12.1 Å². The fourth-order valence-electron chi connectivity index (χ4n) is 0.897. The Morgan fingerprint density at radius 1 is 1.13 bits per heavy atom. The first-order valence-electron chi connectivity index (χ1n) is 4.60. The normalized spacial score (nSPS) is 7.93. The van der Waals surface area contributed by atoms with E-state index in [9.17, 15) is 0 Å². The van der Waals surface area contributed by atoms with Gasteiger partial charge in [0.15, 0.2) is 0 Å². The second kappa shape index (κ2) is 14.4. The molecule has 80 valence electrons. The van der Waals surface area contributed by atoms with Crippen molar-refractivity contribution < 1.29 is 58.2 Å². The average molecular weight is 277 g/mol. The third-order valence-corrected chi connectivity index (χ3v) is 1.51. The van der Waals surface area contributed by atoms with Crippen molar-refractivity contribution in [1.29, 1.82) is 0 Å². The summed E-state index contributed by atoms with van der Waals surface area (Å²) in [5.41, 5.74) is 2.31. The SMILES string of the molecule is CC.[CH2-]/C=C/c1ccc(NC)cc1.[CH3-].[Rb+]. The zero-order valence-electron chi connectivity index (χ0n) is 10.7. The van der Waals surface area contributed by atoms with Crippen LogP contribution in [0, 0.1) is 14.4 Å². The van der Waals surface area contributed by atoms with E-state index < -0.39 is 0 Å². The predicted molar refractivity (Wildman–Crippen MR) is 68.1 cm³/mol. The van der Waals surface area contributed by atoms with Crippen LogP contribution >= 0.6 is 0 Å². The van der Waals surface area contributed by atoms with Crippen molar-refractivity contribution in [2.24, 2.45) is 0 Å². The van der Waals surface area contributed by atoms with Crippen molar-refractivity contribution in [2.75, 3.05) is 12.4 Å². The van der Waals surface area contributed by atoms with E-state index >= 15 is 0 Å². The average Bonchev–Trinajstić information content (AvgIpc) is 2.23. The van der Waals surface area contributed by atoms with Gasteiger partial charge in [-0.2, -0.15) is 0 Å². The number of allylic oxidation sites excluding steroid dienone is 1. The summed E-state index contributed by atoms with van der Waals surface area (Å²) >= 11 is 0. The second-order valence-corrected chi connectivity index (χ2v) is 2.27. The molecule has 0 unspecified atom stereocenters. The Kier molecular flexibility index (Phi) is 20.0. The van der Waals surface area contributed by atoms with E-state index in [1.807, 2.05) is 51.2 Å². The van der Waals surface area contributed by atoms with E-state index in [0.717, 1.165) is 5.69 Å². The van der Waals surface area contributed by atoms with Gasteiger partial charge in [-0.1, -0.05) is 26.0 Å². The van der Waals surface area contributed by atoms with Crippen LogP contribution < -0.4 is 63.5 Å². The first kappa shape index (κ1) is 20.8. The number of hydrogen-bond donors (Lipinski definition) is 1. The van der Waals surface area contributed by atoms with Gasteiger partial charge in [0.1, 0.15) is 0 Å². The minimum atomic E-state index is 0. The van der Waals surface area contributed by atoms with Crippen LogP contribution in [0.3, 0.4) is 0 Å². The first-order chi connectivity index (χ1) is 6.36. The third kappa shape index (κ3) is 9.37. The molecule has 15 heavy (non-hydrogen) atoms. The molecule has 0 aliphatic rings. The van der Waals surface area contributed by atoms with Crippen molar-refractivity contribution in [3.8, 4) is 0 Å². The summed E-state index contributed by atoms with van der Waals surface area (Å²) in [4.78, 5) is 0. The van der Waals surface area contributed by atoms with Gasteiger partial charge in [-0.25, -0.2) is 19.1 Å². The first-order valence-corrected chi connectivity index (χ1v) is 4.60. The van der Waals surface area contributed by atoms with Gasteiger partial charge >= 0.3 is 58.2 Å². The quantitative estimate of drug-likeness (QED) is 0.797. The molecule has 1 N–H and O–H groups in total. The molecule has 0 atom stereocenters. The van der Waals surface area contributed by atoms with E-state index in [0.29, 0.717) is 0 Å². The molecule has 0 aliphatic carbocycles. The van der Waals surface area contributed by atoms with Gasteiger partial charge in [0.25, 0.3) is 0 Å². The maximum atomic E-state index is 3.63. The maximum Gasteiger partial charge on any atom is 1.00 e. The van der Waals surface area contributed by atoms with E-state index in [4.69, 9.17) is 0 Å². The Bertz CT molecular complexity index is 239. The smallest absolute Gasteiger partial charge is 0.388 e. The summed E-state index contributed by atoms with van der Waals surface area (Å²) in [5.74, 6) is 0. The third-order valence-electron chi connectivity index (χ3n) is 1.51. The number of rotatable bonds is 2. The van der Waals surface area contributed by atoms with Crippen molar-refractivity contribution in [1.82, 2.24) is 0 Å². The van der Waals surface area contributed by atoms with Crippen LogP contribution in [0.1, 0.15) is 19.4 Å². The summed E-state index contributed by atoms with van der Waals surface area (Å²) in [6, 6.07) is 8.17. The number of benzene rings is 1. The monoisotopic (exact) mass is 276 g/mol. The molecule has 0 saturated carbocycles. The molecular formula is C13H21NRb-. The molecule has 0 aliphatic heterocycles. The molecule has 0 amide bonds. The fraction of sp³-hybridized carbons (Fsp3) is 0.231. The Balaban J connectivity index is -0.000000339. The van der Waals surface area contributed by atoms with Crippen LogP contribution in [0.5, 0.6) is 0 Å². The van der Waals surface area contributed by atoms with Crippen molar-refractivity contribution in [3.05, 3.63) is 50.3 Å².